The van der Waals surface area contributed by atoms with Crippen LogP contribution in [0.15, 0.2) is 29.2 Å². The van der Waals surface area contributed by atoms with Crippen molar-refractivity contribution in [3.8, 4) is 11.5 Å². The van der Waals surface area contributed by atoms with E-state index in [9.17, 15) is 24.6 Å². The molecule has 0 spiro atoms. The van der Waals surface area contributed by atoms with Gasteiger partial charge in [-0.15, -0.1) is 0 Å². The fraction of sp³-hybridized carbons (Fsp3) is 0.316. The molecule has 150 valence electrons. The zero-order valence-corrected chi connectivity index (χ0v) is 15.6. The number of ether oxygens (including phenoxy) is 3. The van der Waals surface area contributed by atoms with Gasteiger partial charge in [-0.05, 0) is 17.7 Å². The van der Waals surface area contributed by atoms with Crippen molar-refractivity contribution in [3.63, 3.8) is 0 Å². The number of aliphatic hydroxyl groups excluding tert-OH is 1. The first-order valence-electron chi connectivity index (χ1n) is 8.25. The van der Waals surface area contributed by atoms with Gasteiger partial charge in [0.15, 0.2) is 0 Å². The molecule has 0 amide bonds. The smallest absolute Gasteiger partial charge is 0.343 e. The second kappa shape index (κ2) is 9.05. The lowest BCUT2D eigenvalue weighted by Gasteiger charge is -2.19. The Kier molecular flexibility index (Phi) is 6.78. The number of pyridine rings is 1. The summed E-state index contributed by atoms with van der Waals surface area (Å²) < 4.78 is 14.5. The lowest BCUT2D eigenvalue weighted by atomic mass is 9.87. The molecule has 0 bridgehead atoms. The number of carbonyl (C=O) groups is 2. The average molecular weight is 391 g/mol. The van der Waals surface area contributed by atoms with Crippen molar-refractivity contribution in [3.05, 3.63) is 57.0 Å². The number of aromatic nitrogens is 1. The van der Waals surface area contributed by atoms with Crippen LogP contribution < -0.4 is 10.3 Å². The summed E-state index contributed by atoms with van der Waals surface area (Å²) in [5.74, 6) is -2.60. The van der Waals surface area contributed by atoms with Crippen molar-refractivity contribution in [2.75, 3.05) is 21.3 Å². The molecule has 0 aliphatic carbocycles. The van der Waals surface area contributed by atoms with Gasteiger partial charge in [0.2, 0.25) is 0 Å². The van der Waals surface area contributed by atoms with E-state index in [0.717, 1.165) is 13.3 Å². The lowest BCUT2D eigenvalue weighted by molar-refractivity contribution is -0.140. The van der Waals surface area contributed by atoms with E-state index >= 15 is 0 Å². The van der Waals surface area contributed by atoms with Gasteiger partial charge in [-0.2, -0.15) is 0 Å². The normalized spacial score (nSPS) is 11.6. The maximum Gasteiger partial charge on any atom is 0.343 e. The molecule has 0 fully saturated rings. The highest BCUT2D eigenvalue weighted by Gasteiger charge is 2.28. The molecule has 0 aliphatic heterocycles. The number of benzene rings is 1. The largest absolute Gasteiger partial charge is 0.506 e. The summed E-state index contributed by atoms with van der Waals surface area (Å²) in [5.41, 5.74) is -0.251. The van der Waals surface area contributed by atoms with Gasteiger partial charge in [0.05, 0.1) is 39.9 Å². The van der Waals surface area contributed by atoms with Crippen LogP contribution >= 0.6 is 0 Å². The Balaban J connectivity index is 2.70. The molecular weight excluding hydrogens is 370 g/mol. The van der Waals surface area contributed by atoms with Crippen molar-refractivity contribution < 1.29 is 34.0 Å². The second-order valence-electron chi connectivity index (χ2n) is 5.85. The number of nitrogens with one attached hydrogen (secondary N) is 1. The minimum atomic E-state index is -0.947. The zero-order valence-electron chi connectivity index (χ0n) is 15.6. The summed E-state index contributed by atoms with van der Waals surface area (Å²) in [6, 6.07) is 4.71. The topological polar surface area (TPSA) is 135 Å². The SMILES string of the molecule is COC(=O)C[C@H](c1ccc(OC)c(CO)c1)c1c(O)c(C(=O)OC)c[nH]c1=O. The molecule has 1 aromatic carbocycles. The Morgan fingerprint density at radius 3 is 2.46 bits per heavy atom. The number of aliphatic hydroxyl groups is 1. The van der Waals surface area contributed by atoms with Gasteiger partial charge in [-0.1, -0.05) is 6.07 Å². The molecule has 2 aromatic rings. The second-order valence-corrected chi connectivity index (χ2v) is 5.85. The number of hydrogen-bond donors (Lipinski definition) is 3. The van der Waals surface area contributed by atoms with Crippen LogP contribution in [0.2, 0.25) is 0 Å². The van der Waals surface area contributed by atoms with Crippen molar-refractivity contribution in [1.29, 1.82) is 0 Å². The first-order valence-corrected chi connectivity index (χ1v) is 8.25. The summed E-state index contributed by atoms with van der Waals surface area (Å²) >= 11 is 0. The molecule has 1 heterocycles. The van der Waals surface area contributed by atoms with Gasteiger partial charge in [0.25, 0.3) is 5.56 Å². The maximum atomic E-state index is 12.5. The van der Waals surface area contributed by atoms with Gasteiger partial charge >= 0.3 is 11.9 Å². The van der Waals surface area contributed by atoms with Gasteiger partial charge < -0.3 is 29.4 Å². The van der Waals surface area contributed by atoms with Crippen LogP contribution in [0.25, 0.3) is 0 Å². The first kappa shape index (κ1) is 21.0. The molecule has 2 rings (SSSR count). The lowest BCUT2D eigenvalue weighted by Crippen LogP contribution is -2.22. The molecular formula is C19H21NO8. The first-order chi connectivity index (χ1) is 13.4. The molecule has 1 aromatic heterocycles. The maximum absolute atomic E-state index is 12.5. The van der Waals surface area contributed by atoms with E-state index in [0.29, 0.717) is 16.9 Å². The third-order valence-corrected chi connectivity index (χ3v) is 4.33. The van der Waals surface area contributed by atoms with Crippen molar-refractivity contribution in [2.24, 2.45) is 0 Å². The highest BCUT2D eigenvalue weighted by molar-refractivity contribution is 5.92. The third-order valence-electron chi connectivity index (χ3n) is 4.33. The number of hydrogen-bond acceptors (Lipinski definition) is 8. The summed E-state index contributed by atoms with van der Waals surface area (Å²) in [6.07, 6.45) is 0.754. The molecule has 9 heteroatoms. The van der Waals surface area contributed by atoms with Gasteiger partial charge in [-0.3, -0.25) is 9.59 Å². The Hall–Kier alpha value is -3.33. The van der Waals surface area contributed by atoms with Gasteiger partial charge in [0, 0.05) is 17.7 Å². The van der Waals surface area contributed by atoms with Gasteiger partial charge in [-0.25, -0.2) is 4.79 Å². The predicted octanol–water partition coefficient (Wildman–Crippen LogP) is 1.06. The number of carbonyl (C=O) groups excluding carboxylic acids is 2. The van der Waals surface area contributed by atoms with Crippen LogP contribution in [0.3, 0.4) is 0 Å². The van der Waals surface area contributed by atoms with Crippen molar-refractivity contribution in [1.82, 2.24) is 4.98 Å². The van der Waals surface area contributed by atoms with E-state index in [2.05, 4.69) is 9.72 Å². The Bertz CT molecular complexity index is 934. The Morgan fingerprint density at radius 1 is 1.18 bits per heavy atom. The van der Waals surface area contributed by atoms with Gasteiger partial charge in [0.1, 0.15) is 17.1 Å². The molecule has 0 unspecified atom stereocenters. The number of H-pyrrole nitrogens is 1. The minimum absolute atomic E-state index is 0.192. The van der Waals surface area contributed by atoms with Crippen molar-refractivity contribution >= 4 is 11.9 Å². The molecule has 9 nitrogen and oxygen atoms in total. The molecule has 0 radical (unpaired) electrons. The zero-order chi connectivity index (χ0) is 20.8. The highest BCUT2D eigenvalue weighted by Crippen LogP contribution is 2.35. The van der Waals surface area contributed by atoms with Crippen LogP contribution in [0.1, 0.15) is 39.4 Å². The highest BCUT2D eigenvalue weighted by atomic mass is 16.5. The number of esters is 2. The van der Waals surface area contributed by atoms with Crippen LogP contribution in [0.4, 0.5) is 0 Å². The van der Waals surface area contributed by atoms with Crippen LogP contribution in [0, 0.1) is 0 Å². The van der Waals surface area contributed by atoms with E-state index in [-0.39, 0.29) is 24.2 Å². The van der Waals surface area contributed by atoms with E-state index < -0.39 is 29.2 Å². The van der Waals surface area contributed by atoms with E-state index in [1.807, 2.05) is 0 Å². The minimum Gasteiger partial charge on any atom is -0.506 e. The van der Waals surface area contributed by atoms with Crippen LogP contribution in [-0.2, 0) is 20.9 Å². The fourth-order valence-electron chi connectivity index (χ4n) is 2.90. The number of methoxy groups -OCH3 is 3. The molecule has 0 saturated carbocycles. The molecule has 1 atom stereocenters. The quantitative estimate of drug-likeness (QED) is 0.596. The number of aromatic amines is 1. The standard InChI is InChI=1S/C19H21NO8/c1-26-14-5-4-10(6-11(14)9-21)12(7-15(22)27-2)16-17(23)13(19(25)28-3)8-20-18(16)24/h4-6,8,12,21H,7,9H2,1-3H3,(H2,20,23,24)/t12-/m1/s1. The molecule has 0 saturated heterocycles. The van der Waals surface area contributed by atoms with Crippen LogP contribution in [-0.4, -0.2) is 48.5 Å². The summed E-state index contributed by atoms with van der Waals surface area (Å²) in [6.45, 7) is -0.341. The summed E-state index contributed by atoms with van der Waals surface area (Å²) in [7, 11) is 3.77. The Labute approximate surface area is 160 Å². The fourth-order valence-corrected chi connectivity index (χ4v) is 2.90. The van der Waals surface area contributed by atoms with Crippen molar-refractivity contribution in [2.45, 2.75) is 18.9 Å². The number of aromatic hydroxyl groups is 1. The molecule has 0 aliphatic rings. The molecule has 28 heavy (non-hydrogen) atoms. The monoisotopic (exact) mass is 391 g/mol. The average Bonchev–Trinajstić information content (AvgIpc) is 2.71. The van der Waals surface area contributed by atoms with Crippen LogP contribution in [0.5, 0.6) is 11.5 Å². The number of rotatable bonds is 7. The summed E-state index contributed by atoms with van der Waals surface area (Å²) in [4.78, 5) is 38.7. The van der Waals surface area contributed by atoms with E-state index in [1.165, 1.54) is 14.2 Å². The summed E-state index contributed by atoms with van der Waals surface area (Å²) in [5, 5.41) is 20.1. The third kappa shape index (κ3) is 4.15. The predicted molar refractivity (Wildman–Crippen MR) is 97.5 cm³/mol. The van der Waals surface area contributed by atoms with E-state index in [1.54, 1.807) is 18.2 Å². The molecule has 3 N–H and O–H groups in total. The Morgan fingerprint density at radius 2 is 1.89 bits per heavy atom. The van der Waals surface area contributed by atoms with E-state index in [4.69, 9.17) is 9.47 Å².